The van der Waals surface area contributed by atoms with E-state index in [0.29, 0.717) is 18.8 Å². The zero-order chi connectivity index (χ0) is 15.2. The maximum atomic E-state index is 11.3. The fraction of sp³-hybridized carbons (Fsp3) is 0.357. The van der Waals surface area contributed by atoms with Crippen LogP contribution < -0.4 is 10.2 Å². The number of nitrogens with zero attached hydrogens (tertiary/aromatic N) is 4. The van der Waals surface area contributed by atoms with Crippen LogP contribution in [-0.2, 0) is 23.1 Å². The number of carbonyl (C=O) groups excluding carboxylic acids is 1. The molecule has 21 heavy (non-hydrogen) atoms. The van der Waals surface area contributed by atoms with Crippen LogP contribution in [0.1, 0.15) is 13.3 Å². The van der Waals surface area contributed by atoms with Crippen molar-refractivity contribution in [2.24, 2.45) is 7.05 Å². The second-order valence-corrected chi connectivity index (χ2v) is 4.41. The first-order valence-corrected chi connectivity index (χ1v) is 6.66. The van der Waals surface area contributed by atoms with E-state index in [1.54, 1.807) is 37.1 Å². The smallest absolute Gasteiger partial charge is 0.312 e. The number of carbonyl (C=O) groups is 1. The molecule has 0 fully saturated rings. The van der Waals surface area contributed by atoms with Crippen LogP contribution in [0.3, 0.4) is 0 Å². The summed E-state index contributed by atoms with van der Waals surface area (Å²) in [5, 5.41) is 8.37. The fourth-order valence-electron chi connectivity index (χ4n) is 1.76. The van der Waals surface area contributed by atoms with Crippen molar-refractivity contribution >= 4 is 5.97 Å². The summed E-state index contributed by atoms with van der Waals surface area (Å²) in [6, 6.07) is 4.96. The van der Waals surface area contributed by atoms with Gasteiger partial charge in [0.2, 0.25) is 0 Å². The van der Waals surface area contributed by atoms with Gasteiger partial charge in [0, 0.05) is 24.7 Å². The number of ether oxygens (including phenoxy) is 1. The Morgan fingerprint density at radius 1 is 1.38 bits per heavy atom. The number of aryl methyl sites for hydroxylation is 2. The highest BCUT2D eigenvalue weighted by Gasteiger charge is 2.10. The van der Waals surface area contributed by atoms with Gasteiger partial charge in [0.05, 0.1) is 12.3 Å². The van der Waals surface area contributed by atoms with Gasteiger partial charge in [0.1, 0.15) is 12.6 Å². The Bertz CT molecular complexity index is 679. The number of aromatic nitrogens is 4. The molecule has 0 aliphatic rings. The SMILES string of the molecule is CCOC(=O)CC[n+]1ccc(-c2ccc(=O)n(C)n2)cn1. The molecular formula is C14H17N4O3+. The number of hydrogen-bond donors (Lipinski definition) is 0. The molecule has 0 amide bonds. The highest BCUT2D eigenvalue weighted by Crippen LogP contribution is 2.11. The lowest BCUT2D eigenvalue weighted by atomic mass is 10.2. The second kappa shape index (κ2) is 6.74. The molecule has 0 N–H and O–H groups in total. The molecule has 2 aromatic heterocycles. The van der Waals surface area contributed by atoms with E-state index < -0.39 is 0 Å². The Balaban J connectivity index is 2.06. The summed E-state index contributed by atoms with van der Waals surface area (Å²) in [4.78, 5) is 22.6. The van der Waals surface area contributed by atoms with E-state index in [1.807, 2.05) is 6.07 Å². The van der Waals surface area contributed by atoms with Gasteiger partial charge in [0.25, 0.3) is 5.56 Å². The maximum Gasteiger partial charge on any atom is 0.312 e. The minimum absolute atomic E-state index is 0.160. The molecule has 0 radical (unpaired) electrons. The van der Waals surface area contributed by atoms with Crippen molar-refractivity contribution < 1.29 is 14.2 Å². The second-order valence-electron chi connectivity index (χ2n) is 4.41. The third-order valence-corrected chi connectivity index (χ3v) is 2.88. The predicted molar refractivity (Wildman–Crippen MR) is 74.2 cm³/mol. The fourth-order valence-corrected chi connectivity index (χ4v) is 1.76. The maximum absolute atomic E-state index is 11.3. The van der Waals surface area contributed by atoms with Crippen LogP contribution in [0.5, 0.6) is 0 Å². The minimum atomic E-state index is -0.240. The van der Waals surface area contributed by atoms with E-state index in [1.165, 1.54) is 10.7 Å². The van der Waals surface area contributed by atoms with E-state index in [4.69, 9.17) is 4.74 Å². The molecule has 0 bridgehead atoms. The molecule has 2 rings (SSSR count). The molecule has 0 atom stereocenters. The molecule has 0 saturated heterocycles. The van der Waals surface area contributed by atoms with Crippen molar-refractivity contribution in [3.8, 4) is 11.3 Å². The van der Waals surface area contributed by atoms with Gasteiger partial charge in [0.15, 0.2) is 12.7 Å². The Hall–Kier alpha value is -2.57. The lowest BCUT2D eigenvalue weighted by molar-refractivity contribution is -0.752. The van der Waals surface area contributed by atoms with E-state index in [0.717, 1.165) is 5.56 Å². The summed E-state index contributed by atoms with van der Waals surface area (Å²) in [5.41, 5.74) is 1.31. The Morgan fingerprint density at radius 3 is 2.81 bits per heavy atom. The zero-order valence-electron chi connectivity index (χ0n) is 12.0. The van der Waals surface area contributed by atoms with Crippen molar-refractivity contribution in [1.29, 1.82) is 0 Å². The van der Waals surface area contributed by atoms with Gasteiger partial charge in [-0.1, -0.05) is 4.68 Å². The molecule has 2 aromatic rings. The van der Waals surface area contributed by atoms with E-state index >= 15 is 0 Å². The molecule has 0 aliphatic carbocycles. The highest BCUT2D eigenvalue weighted by molar-refractivity contribution is 5.68. The zero-order valence-corrected chi connectivity index (χ0v) is 12.0. The number of hydrogen-bond acceptors (Lipinski definition) is 5. The molecule has 0 aromatic carbocycles. The van der Waals surface area contributed by atoms with Crippen LogP contribution in [0.2, 0.25) is 0 Å². The van der Waals surface area contributed by atoms with Gasteiger partial charge < -0.3 is 4.74 Å². The summed E-state index contributed by atoms with van der Waals surface area (Å²) in [5.74, 6) is -0.240. The van der Waals surface area contributed by atoms with Crippen LogP contribution in [0.4, 0.5) is 0 Å². The van der Waals surface area contributed by atoms with E-state index in [9.17, 15) is 9.59 Å². The predicted octanol–water partition coefficient (Wildman–Crippen LogP) is 0.0830. The van der Waals surface area contributed by atoms with Gasteiger partial charge in [-0.05, 0) is 18.1 Å². The van der Waals surface area contributed by atoms with Crippen molar-refractivity contribution in [2.75, 3.05) is 6.61 Å². The normalized spacial score (nSPS) is 10.4. The molecule has 0 spiro atoms. The summed E-state index contributed by atoms with van der Waals surface area (Å²) in [6.07, 6.45) is 3.70. The summed E-state index contributed by atoms with van der Waals surface area (Å²) < 4.78 is 7.79. The molecule has 7 heteroatoms. The first-order valence-electron chi connectivity index (χ1n) is 6.66. The van der Waals surface area contributed by atoms with Crippen molar-refractivity contribution in [2.45, 2.75) is 19.9 Å². The first-order chi connectivity index (χ1) is 10.1. The number of rotatable bonds is 5. The van der Waals surface area contributed by atoms with Gasteiger partial charge in [-0.2, -0.15) is 5.10 Å². The Kier molecular flexibility index (Phi) is 4.76. The Labute approximate surface area is 121 Å². The quantitative estimate of drug-likeness (QED) is 0.575. The third kappa shape index (κ3) is 3.95. The monoisotopic (exact) mass is 289 g/mol. The summed E-state index contributed by atoms with van der Waals surface area (Å²) in [6.45, 7) is 2.62. The molecular weight excluding hydrogens is 272 g/mol. The van der Waals surface area contributed by atoms with Crippen molar-refractivity contribution in [1.82, 2.24) is 14.9 Å². The van der Waals surface area contributed by atoms with Crippen LogP contribution in [0.25, 0.3) is 11.3 Å². The molecule has 0 aliphatic heterocycles. The van der Waals surface area contributed by atoms with Crippen LogP contribution in [0, 0.1) is 0 Å². The van der Waals surface area contributed by atoms with Gasteiger partial charge in [-0.3, -0.25) is 9.59 Å². The molecule has 7 nitrogen and oxygen atoms in total. The molecule has 110 valence electrons. The highest BCUT2D eigenvalue weighted by atomic mass is 16.5. The van der Waals surface area contributed by atoms with E-state index in [-0.39, 0.29) is 17.9 Å². The van der Waals surface area contributed by atoms with Gasteiger partial charge in [-0.15, -0.1) is 0 Å². The van der Waals surface area contributed by atoms with Crippen LogP contribution in [-0.4, -0.2) is 27.5 Å². The minimum Gasteiger partial charge on any atom is -0.466 e. The van der Waals surface area contributed by atoms with Crippen LogP contribution >= 0.6 is 0 Å². The van der Waals surface area contributed by atoms with Crippen LogP contribution in [0.15, 0.2) is 35.4 Å². The molecule has 0 unspecified atom stereocenters. The summed E-state index contributed by atoms with van der Waals surface area (Å²) in [7, 11) is 1.60. The standard InChI is InChI=1S/C14H17N4O3/c1-3-21-14(20)7-9-18-8-6-11(10-15-18)12-4-5-13(19)17(2)16-12/h4-6,8,10H,3,7,9H2,1-2H3/q+1. The molecule has 0 saturated carbocycles. The number of esters is 1. The average Bonchev–Trinajstić information content (AvgIpc) is 2.49. The third-order valence-electron chi connectivity index (χ3n) is 2.88. The molecule has 2 heterocycles. The topological polar surface area (TPSA) is 78.0 Å². The lowest BCUT2D eigenvalue weighted by Gasteiger charge is -2.01. The average molecular weight is 289 g/mol. The first kappa shape index (κ1) is 14.8. The van der Waals surface area contributed by atoms with Gasteiger partial charge in [-0.25, -0.2) is 4.68 Å². The van der Waals surface area contributed by atoms with Gasteiger partial charge >= 0.3 is 5.97 Å². The van der Waals surface area contributed by atoms with Crippen molar-refractivity contribution in [3.63, 3.8) is 0 Å². The lowest BCUT2D eigenvalue weighted by Crippen LogP contribution is -2.38. The Morgan fingerprint density at radius 2 is 2.19 bits per heavy atom. The van der Waals surface area contributed by atoms with Crippen molar-refractivity contribution in [3.05, 3.63) is 40.9 Å². The largest absolute Gasteiger partial charge is 0.466 e. The summed E-state index contributed by atoms with van der Waals surface area (Å²) >= 11 is 0. The van der Waals surface area contributed by atoms with E-state index in [2.05, 4.69) is 10.2 Å².